The molecule has 0 bridgehead atoms. The fourth-order valence-electron chi connectivity index (χ4n) is 2.28. The van der Waals surface area contributed by atoms with E-state index in [1.165, 1.54) is 47.6 Å². The predicted molar refractivity (Wildman–Crippen MR) is 106 cm³/mol. The van der Waals surface area contributed by atoms with Gasteiger partial charge in [-0.2, -0.15) is 0 Å². The monoisotopic (exact) mass is 430 g/mol. The highest BCUT2D eigenvalue weighted by Crippen LogP contribution is 2.23. The van der Waals surface area contributed by atoms with E-state index in [-0.39, 0.29) is 23.7 Å². The molecule has 27 heavy (non-hydrogen) atoms. The van der Waals surface area contributed by atoms with Crippen molar-refractivity contribution in [2.24, 2.45) is 0 Å². The molecule has 10 heteroatoms. The molecular weight excluding hydrogens is 412 g/mol. The molecule has 0 atom stereocenters. The third-order valence-corrected chi connectivity index (χ3v) is 6.06. The van der Waals surface area contributed by atoms with Crippen LogP contribution in [-0.4, -0.2) is 52.2 Å². The quantitative estimate of drug-likeness (QED) is 0.630. The van der Waals surface area contributed by atoms with E-state index in [0.717, 1.165) is 15.4 Å². The summed E-state index contributed by atoms with van der Waals surface area (Å²) in [6, 6.07) is 9.36. The summed E-state index contributed by atoms with van der Waals surface area (Å²) in [7, 11) is -0.851. The van der Waals surface area contributed by atoms with Gasteiger partial charge in [-0.15, -0.1) is 11.3 Å². The Bertz CT molecular complexity index is 925. The number of amides is 1. The highest BCUT2D eigenvalue weighted by molar-refractivity contribution is 7.92. The first-order valence-electron chi connectivity index (χ1n) is 7.76. The summed E-state index contributed by atoms with van der Waals surface area (Å²) in [5.74, 6) is -0.903. The van der Waals surface area contributed by atoms with Crippen molar-refractivity contribution in [3.63, 3.8) is 0 Å². The molecule has 1 aromatic carbocycles. The maximum atomic E-state index is 12.5. The number of benzene rings is 1. The lowest BCUT2D eigenvalue weighted by molar-refractivity contribution is -0.128. The Balaban J connectivity index is 2.16. The van der Waals surface area contributed by atoms with E-state index in [2.05, 4.69) is 4.74 Å². The van der Waals surface area contributed by atoms with E-state index in [1.54, 1.807) is 13.1 Å². The van der Waals surface area contributed by atoms with E-state index < -0.39 is 16.0 Å². The molecule has 0 saturated heterocycles. The Kier molecular flexibility index (Phi) is 6.85. The van der Waals surface area contributed by atoms with E-state index >= 15 is 0 Å². The SMILES string of the molecule is COC(=O)c1ccc(N(CC(=O)N(C)Cc2ccc(Cl)s2)S(C)(=O)=O)cc1. The highest BCUT2D eigenvalue weighted by atomic mass is 35.5. The number of anilines is 1. The lowest BCUT2D eigenvalue weighted by atomic mass is 10.2. The summed E-state index contributed by atoms with van der Waals surface area (Å²) in [6.45, 7) is -0.0267. The van der Waals surface area contributed by atoms with Crippen LogP contribution in [0, 0.1) is 0 Å². The van der Waals surface area contributed by atoms with Crippen LogP contribution in [0.4, 0.5) is 5.69 Å². The van der Waals surface area contributed by atoms with E-state index in [9.17, 15) is 18.0 Å². The minimum absolute atomic E-state index is 0.283. The molecule has 0 aliphatic carbocycles. The second-order valence-electron chi connectivity index (χ2n) is 5.76. The third-order valence-electron chi connectivity index (χ3n) is 3.70. The number of sulfonamides is 1. The number of carbonyl (C=O) groups excluding carboxylic acids is 2. The Morgan fingerprint density at radius 2 is 1.78 bits per heavy atom. The molecule has 0 fully saturated rings. The standard InChI is InChI=1S/C17H19ClN2O5S2/c1-19(10-14-8-9-15(18)26-14)16(21)11-20(27(3,23)24)13-6-4-12(5-7-13)17(22)25-2/h4-9H,10-11H2,1-3H3. The first kappa shape index (κ1) is 21.2. The number of hydrogen-bond donors (Lipinski definition) is 0. The third kappa shape index (κ3) is 5.69. The summed E-state index contributed by atoms with van der Waals surface area (Å²) in [5, 5.41) is 0. The molecule has 1 heterocycles. The van der Waals surface area contributed by atoms with Gasteiger partial charge in [0.25, 0.3) is 0 Å². The molecule has 2 aromatic rings. The van der Waals surface area contributed by atoms with Gasteiger partial charge in [0.15, 0.2) is 0 Å². The largest absolute Gasteiger partial charge is 0.465 e. The Labute approximate surface area is 167 Å². The number of carbonyl (C=O) groups is 2. The zero-order chi connectivity index (χ0) is 20.2. The van der Waals surface area contributed by atoms with Crippen LogP contribution < -0.4 is 4.31 Å². The molecule has 7 nitrogen and oxygen atoms in total. The number of methoxy groups -OCH3 is 1. The second-order valence-corrected chi connectivity index (χ2v) is 9.47. The maximum Gasteiger partial charge on any atom is 0.337 e. The normalized spacial score (nSPS) is 11.1. The average molecular weight is 431 g/mol. The van der Waals surface area contributed by atoms with E-state index in [4.69, 9.17) is 11.6 Å². The number of rotatable bonds is 7. The Hall–Kier alpha value is -2.10. The molecule has 0 radical (unpaired) electrons. The van der Waals surface area contributed by atoms with Gasteiger partial charge in [0.1, 0.15) is 6.54 Å². The van der Waals surface area contributed by atoms with Crippen LogP contribution in [0.5, 0.6) is 0 Å². The van der Waals surface area contributed by atoms with Crippen molar-refractivity contribution in [1.82, 2.24) is 4.90 Å². The van der Waals surface area contributed by atoms with Crippen LogP contribution in [-0.2, 0) is 26.1 Å². The van der Waals surface area contributed by atoms with Gasteiger partial charge in [0.2, 0.25) is 15.9 Å². The van der Waals surface area contributed by atoms with Gasteiger partial charge in [0, 0.05) is 11.9 Å². The summed E-state index contributed by atoms with van der Waals surface area (Å²) in [5.41, 5.74) is 0.568. The van der Waals surface area contributed by atoms with E-state index in [0.29, 0.717) is 10.9 Å². The van der Waals surface area contributed by atoms with Crippen LogP contribution in [0.25, 0.3) is 0 Å². The molecule has 146 valence electrons. The predicted octanol–water partition coefficient (Wildman–Crippen LogP) is 2.61. The fourth-order valence-corrected chi connectivity index (χ4v) is 4.27. The van der Waals surface area contributed by atoms with Crippen LogP contribution in [0.3, 0.4) is 0 Å². The van der Waals surface area contributed by atoms with Crippen molar-refractivity contribution in [3.05, 3.63) is 51.2 Å². The van der Waals surface area contributed by atoms with Crippen molar-refractivity contribution in [2.75, 3.05) is 31.3 Å². The average Bonchev–Trinajstić information content (AvgIpc) is 3.02. The smallest absolute Gasteiger partial charge is 0.337 e. The molecule has 2 rings (SSSR count). The Morgan fingerprint density at radius 1 is 1.15 bits per heavy atom. The van der Waals surface area contributed by atoms with Crippen molar-refractivity contribution >= 4 is 50.5 Å². The summed E-state index contributed by atoms with van der Waals surface area (Å²) >= 11 is 7.24. The molecule has 1 amide bonds. The van der Waals surface area contributed by atoms with Gasteiger partial charge in [-0.25, -0.2) is 13.2 Å². The van der Waals surface area contributed by atoms with Crippen LogP contribution >= 0.6 is 22.9 Å². The molecule has 0 N–H and O–H groups in total. The maximum absolute atomic E-state index is 12.5. The zero-order valence-electron chi connectivity index (χ0n) is 15.0. The zero-order valence-corrected chi connectivity index (χ0v) is 17.4. The molecule has 0 aliphatic heterocycles. The van der Waals surface area contributed by atoms with Crippen LogP contribution in [0.2, 0.25) is 4.34 Å². The first-order valence-corrected chi connectivity index (χ1v) is 10.8. The van der Waals surface area contributed by atoms with Crippen LogP contribution in [0.15, 0.2) is 36.4 Å². The van der Waals surface area contributed by atoms with E-state index in [1.807, 2.05) is 6.07 Å². The number of halogens is 1. The Morgan fingerprint density at radius 3 is 2.26 bits per heavy atom. The number of likely N-dealkylation sites (N-methyl/N-ethyl adjacent to an activating group) is 1. The molecule has 1 aromatic heterocycles. The first-order chi connectivity index (χ1) is 12.6. The molecule has 0 aliphatic rings. The number of ether oxygens (including phenoxy) is 1. The summed E-state index contributed by atoms with van der Waals surface area (Å²) in [4.78, 5) is 26.4. The summed E-state index contributed by atoms with van der Waals surface area (Å²) in [6.07, 6.45) is 1.02. The summed E-state index contributed by atoms with van der Waals surface area (Å²) < 4.78 is 30.6. The van der Waals surface area contributed by atoms with Crippen molar-refractivity contribution < 1.29 is 22.7 Å². The topological polar surface area (TPSA) is 84.0 Å². The lowest BCUT2D eigenvalue weighted by Gasteiger charge is -2.25. The number of nitrogens with zero attached hydrogens (tertiary/aromatic N) is 2. The molecule has 0 spiro atoms. The van der Waals surface area contributed by atoms with Gasteiger partial charge < -0.3 is 9.64 Å². The minimum atomic E-state index is -3.70. The minimum Gasteiger partial charge on any atom is -0.465 e. The number of hydrogen-bond acceptors (Lipinski definition) is 6. The van der Waals surface area contributed by atoms with Gasteiger partial charge in [0.05, 0.1) is 35.5 Å². The molecule has 0 unspecified atom stereocenters. The highest BCUT2D eigenvalue weighted by Gasteiger charge is 2.23. The van der Waals surface area contributed by atoms with Gasteiger partial charge >= 0.3 is 5.97 Å². The number of esters is 1. The van der Waals surface area contributed by atoms with Crippen molar-refractivity contribution in [3.8, 4) is 0 Å². The van der Waals surface area contributed by atoms with Crippen LogP contribution in [0.1, 0.15) is 15.2 Å². The van der Waals surface area contributed by atoms with Gasteiger partial charge in [-0.1, -0.05) is 11.6 Å². The number of thiophene rings is 1. The van der Waals surface area contributed by atoms with Gasteiger partial charge in [-0.05, 0) is 36.4 Å². The van der Waals surface area contributed by atoms with Crippen molar-refractivity contribution in [2.45, 2.75) is 6.54 Å². The molecule has 0 saturated carbocycles. The molecular formula is C17H19ClN2O5S2. The lowest BCUT2D eigenvalue weighted by Crippen LogP contribution is -2.40. The van der Waals surface area contributed by atoms with Crippen molar-refractivity contribution in [1.29, 1.82) is 0 Å². The van der Waals surface area contributed by atoms with Gasteiger partial charge in [-0.3, -0.25) is 9.10 Å². The second kappa shape index (κ2) is 8.73. The fraction of sp³-hybridized carbons (Fsp3) is 0.294.